The van der Waals surface area contributed by atoms with Crippen molar-refractivity contribution in [1.29, 1.82) is 0 Å². The lowest BCUT2D eigenvalue weighted by Gasteiger charge is -2.10. The summed E-state index contributed by atoms with van der Waals surface area (Å²) in [5.74, 6) is 2.50. The zero-order chi connectivity index (χ0) is 27.2. The van der Waals surface area contributed by atoms with Crippen LogP contribution in [0.1, 0.15) is 1.43 Å². The normalized spacial score (nSPS) is 11.4. The molecule has 0 aliphatic rings. The van der Waals surface area contributed by atoms with Crippen molar-refractivity contribution >= 4 is 32.6 Å². The van der Waals surface area contributed by atoms with Crippen LogP contribution >= 0.6 is 0 Å². The molecular weight excluding hydrogens is 504 g/mol. The van der Waals surface area contributed by atoms with Crippen molar-refractivity contribution < 1.29 is 5.84 Å². The largest absolute Gasteiger partial charge is 1.00 e. The maximum atomic E-state index is 6.42. The Hall–Kier alpha value is -5.68. The predicted molar refractivity (Wildman–Crippen MR) is 165 cm³/mol. The van der Waals surface area contributed by atoms with Crippen LogP contribution in [0, 0.1) is 0 Å². The second-order valence-electron chi connectivity index (χ2n) is 9.94. The number of rotatable bonds is 4. The van der Waals surface area contributed by atoms with Gasteiger partial charge in [0, 0.05) is 27.6 Å². The van der Waals surface area contributed by atoms with Crippen molar-refractivity contribution in [2.75, 3.05) is 0 Å². The summed E-state index contributed by atoms with van der Waals surface area (Å²) in [4.78, 5) is 19.5. The van der Waals surface area contributed by atoms with Crippen molar-refractivity contribution in [1.82, 2.24) is 19.9 Å². The molecule has 0 bridgehead atoms. The Balaban J connectivity index is 0.00000288. The molecule has 0 aliphatic carbocycles. The Labute approximate surface area is 237 Å². The molecule has 0 aliphatic heterocycles. The lowest BCUT2D eigenvalue weighted by atomic mass is 9.99. The van der Waals surface area contributed by atoms with Gasteiger partial charge in [0.1, 0.15) is 5.52 Å². The highest BCUT2D eigenvalue weighted by atomic mass is 16.3. The summed E-state index contributed by atoms with van der Waals surface area (Å²) in [5, 5.41) is 4.27. The van der Waals surface area contributed by atoms with Gasteiger partial charge < -0.3 is 5.84 Å². The van der Waals surface area contributed by atoms with Gasteiger partial charge in [-0.25, -0.2) is 19.9 Å². The first kappa shape index (κ1) is 23.2. The molecule has 0 radical (unpaired) electrons. The number of nitrogens with zero attached hydrogens (tertiary/aromatic N) is 4. The van der Waals surface area contributed by atoms with Gasteiger partial charge in [0.05, 0.1) is 0 Å². The Bertz CT molecular complexity index is 2140. The fraction of sp³-hybridized carbons (Fsp3) is 0. The van der Waals surface area contributed by atoms with Crippen LogP contribution in [0.5, 0.6) is 0 Å². The summed E-state index contributed by atoms with van der Waals surface area (Å²) in [6.07, 6.45) is 0. The molecule has 194 valence electrons. The molecule has 5 nitrogen and oxygen atoms in total. The van der Waals surface area contributed by atoms with Crippen molar-refractivity contribution in [3.8, 4) is 45.6 Å². The first-order valence-corrected chi connectivity index (χ1v) is 13.5. The van der Waals surface area contributed by atoms with Gasteiger partial charge in [-0.2, -0.15) is 0 Å². The van der Waals surface area contributed by atoms with Crippen molar-refractivity contribution in [2.45, 2.75) is 0 Å². The van der Waals surface area contributed by atoms with E-state index in [2.05, 4.69) is 36.4 Å². The molecule has 0 atom stereocenters. The number of hydrogen-bond acceptors (Lipinski definition) is 5. The van der Waals surface area contributed by atoms with Crippen LogP contribution in [0.15, 0.2) is 138 Å². The highest BCUT2D eigenvalue weighted by Crippen LogP contribution is 2.36. The molecule has 6 aromatic carbocycles. The number of fused-ring (bicyclic) bond motifs is 5. The highest BCUT2D eigenvalue weighted by molar-refractivity contribution is 6.18. The van der Waals surface area contributed by atoms with Gasteiger partial charge in [0.15, 0.2) is 23.1 Å². The molecule has 2 aromatic heterocycles. The van der Waals surface area contributed by atoms with Gasteiger partial charge in [-0.15, -0.1) is 0 Å². The van der Waals surface area contributed by atoms with Crippen molar-refractivity contribution in [2.24, 2.45) is 0 Å². The molecule has 0 N–H and O–H groups in total. The van der Waals surface area contributed by atoms with E-state index in [1.165, 1.54) is 0 Å². The maximum Gasteiger partial charge on any atom is 0.227 e. The molecule has 8 aromatic rings. The zero-order valence-corrected chi connectivity index (χ0v) is 21.9. The third kappa shape index (κ3) is 4.12. The first-order valence-electron chi connectivity index (χ1n) is 13.5. The molecular formula is C36H23N4O-. The van der Waals surface area contributed by atoms with E-state index in [4.69, 9.17) is 24.4 Å². The van der Waals surface area contributed by atoms with E-state index in [1.807, 2.05) is 97.1 Å². The molecule has 41 heavy (non-hydrogen) atoms. The Morgan fingerprint density at radius 2 is 0.951 bits per heavy atom. The van der Waals surface area contributed by atoms with Gasteiger partial charge in [-0.1, -0.05) is 109 Å². The van der Waals surface area contributed by atoms with Crippen LogP contribution in [0.3, 0.4) is 0 Å². The lowest BCUT2D eigenvalue weighted by Crippen LogP contribution is -2.00. The summed E-state index contributed by atoms with van der Waals surface area (Å²) >= 11 is 0. The summed E-state index contributed by atoms with van der Waals surface area (Å²) < 4.78 is 6.42. The number of oxazole rings is 1. The first-order chi connectivity index (χ1) is 20.3. The van der Waals surface area contributed by atoms with E-state index in [-0.39, 0.29) is 1.43 Å². The molecule has 0 amide bonds. The maximum absolute atomic E-state index is 6.42. The number of aromatic nitrogens is 4. The third-order valence-corrected chi connectivity index (χ3v) is 7.33. The van der Waals surface area contributed by atoms with E-state index in [9.17, 15) is 0 Å². The van der Waals surface area contributed by atoms with Crippen LogP contribution in [0.25, 0.3) is 78.3 Å². The summed E-state index contributed by atoms with van der Waals surface area (Å²) in [6.45, 7) is 0. The zero-order valence-electron chi connectivity index (χ0n) is 22.9. The monoisotopic (exact) mass is 527 g/mol. The summed E-state index contributed by atoms with van der Waals surface area (Å²) in [7, 11) is 0. The fourth-order valence-corrected chi connectivity index (χ4v) is 5.30. The average molecular weight is 528 g/mol. The third-order valence-electron chi connectivity index (χ3n) is 7.33. The van der Waals surface area contributed by atoms with E-state index < -0.39 is 0 Å². The number of hydrogen-bond donors (Lipinski definition) is 0. The second-order valence-corrected chi connectivity index (χ2v) is 9.94. The van der Waals surface area contributed by atoms with Gasteiger partial charge in [0.25, 0.3) is 0 Å². The summed E-state index contributed by atoms with van der Waals surface area (Å²) in [6, 6.07) is 44.8. The van der Waals surface area contributed by atoms with E-state index in [0.717, 1.165) is 54.9 Å². The Morgan fingerprint density at radius 1 is 0.439 bits per heavy atom. The number of benzene rings is 6. The van der Waals surface area contributed by atoms with Crippen molar-refractivity contribution in [3.63, 3.8) is 0 Å². The van der Waals surface area contributed by atoms with Gasteiger partial charge in [-0.05, 0) is 40.4 Å². The smallest absolute Gasteiger partial charge is 0.227 e. The van der Waals surface area contributed by atoms with E-state index in [1.54, 1.807) is 0 Å². The fourth-order valence-electron chi connectivity index (χ4n) is 5.30. The Morgan fingerprint density at radius 3 is 1.59 bits per heavy atom. The molecule has 0 spiro atoms. The Kier molecular flexibility index (Phi) is 5.38. The molecule has 0 saturated carbocycles. The predicted octanol–water partition coefficient (Wildman–Crippen LogP) is 9.10. The minimum absolute atomic E-state index is 0. The standard InChI is InChI=1S/C36H22N4O.H/c1-4-10-25(11-5-1)33-38-34(26-12-6-2-7-13-26)40-35(39-33)28-19-17-23-16-18-24-20-21-30-32(31(24)29(23)22-28)41-36(37-30)27-14-8-3-9-15-27;/h1-22H;/q;-1. The summed E-state index contributed by atoms with van der Waals surface area (Å²) in [5.41, 5.74) is 5.33. The van der Waals surface area contributed by atoms with Gasteiger partial charge in [-0.3, -0.25) is 0 Å². The SMILES string of the molecule is [H-].c1ccc(-c2nc(-c3ccccc3)nc(-c3ccc4ccc5ccc6nc(-c7ccccc7)oc6c5c4c3)n2)cc1. The minimum atomic E-state index is 0. The molecule has 0 fully saturated rings. The van der Waals surface area contributed by atoms with Crippen LogP contribution in [-0.2, 0) is 0 Å². The molecule has 0 unspecified atom stereocenters. The minimum Gasteiger partial charge on any atom is -1.00 e. The van der Waals surface area contributed by atoms with Gasteiger partial charge in [0.2, 0.25) is 5.89 Å². The topological polar surface area (TPSA) is 64.7 Å². The van der Waals surface area contributed by atoms with E-state index in [0.29, 0.717) is 23.4 Å². The second kappa shape index (κ2) is 9.50. The quantitative estimate of drug-likeness (QED) is 0.214. The van der Waals surface area contributed by atoms with E-state index >= 15 is 0 Å². The molecule has 0 saturated heterocycles. The van der Waals surface area contributed by atoms with Crippen molar-refractivity contribution in [3.05, 3.63) is 133 Å². The molecule has 2 heterocycles. The molecule has 5 heteroatoms. The van der Waals surface area contributed by atoms with Crippen LogP contribution in [0.4, 0.5) is 0 Å². The molecule has 8 rings (SSSR count). The van der Waals surface area contributed by atoms with Crippen LogP contribution < -0.4 is 0 Å². The average Bonchev–Trinajstić information content (AvgIpc) is 3.50. The van der Waals surface area contributed by atoms with Crippen LogP contribution in [-0.4, -0.2) is 19.9 Å². The lowest BCUT2D eigenvalue weighted by molar-refractivity contribution is 0.623. The van der Waals surface area contributed by atoms with Gasteiger partial charge >= 0.3 is 0 Å². The van der Waals surface area contributed by atoms with Crippen LogP contribution in [0.2, 0.25) is 0 Å². The highest BCUT2D eigenvalue weighted by Gasteiger charge is 2.16.